The first-order chi connectivity index (χ1) is 6.42. The van der Waals surface area contributed by atoms with Gasteiger partial charge in [-0.15, -0.1) is 0 Å². The Bertz CT molecular complexity index is 271. The van der Waals surface area contributed by atoms with Gasteiger partial charge in [-0.2, -0.15) is 0 Å². The molecule has 2 aliphatic rings. The van der Waals surface area contributed by atoms with Gasteiger partial charge in [-0.3, -0.25) is 0 Å². The van der Waals surface area contributed by atoms with Crippen LogP contribution in [0.15, 0.2) is 8.16 Å². The van der Waals surface area contributed by atoms with E-state index in [2.05, 4.69) is 31.7 Å². The van der Waals surface area contributed by atoms with Crippen LogP contribution in [0.5, 0.6) is 0 Å². The van der Waals surface area contributed by atoms with Crippen molar-refractivity contribution in [1.29, 1.82) is 0 Å². The molecule has 3 rings (SSSR count). The first-order valence-electron chi connectivity index (χ1n) is 4.69. The van der Waals surface area contributed by atoms with E-state index < -0.39 is 0 Å². The molecule has 0 N–H and O–H groups in total. The molecule has 13 heavy (non-hydrogen) atoms. The van der Waals surface area contributed by atoms with Gasteiger partial charge in [-0.1, -0.05) is 0 Å². The van der Waals surface area contributed by atoms with Crippen molar-refractivity contribution in [1.82, 2.24) is 0 Å². The predicted octanol–water partition coefficient (Wildman–Crippen LogP) is 2.06. The molecule has 0 saturated carbocycles. The van der Waals surface area contributed by atoms with E-state index in [1.807, 2.05) is 0 Å². The van der Waals surface area contributed by atoms with E-state index in [0.717, 1.165) is 10.5 Å². The molecule has 2 saturated heterocycles. The van der Waals surface area contributed by atoms with Crippen molar-refractivity contribution in [2.75, 3.05) is 11.5 Å². The van der Waals surface area contributed by atoms with Gasteiger partial charge >= 0.3 is 98.1 Å². The molecular formula is C10H12S2Te. The van der Waals surface area contributed by atoms with Gasteiger partial charge in [0.05, 0.1) is 0 Å². The number of rotatable bonds is 4. The minimum atomic E-state index is 0.148. The number of thioether (sulfide) groups is 2. The van der Waals surface area contributed by atoms with E-state index in [1.54, 1.807) is 11.1 Å². The molecule has 0 amide bonds. The summed E-state index contributed by atoms with van der Waals surface area (Å²) in [5.74, 6) is 2.84. The minimum absolute atomic E-state index is 0.148. The predicted molar refractivity (Wildman–Crippen MR) is 63.3 cm³/mol. The van der Waals surface area contributed by atoms with Gasteiger partial charge < -0.3 is 0 Å². The Labute approximate surface area is 97.5 Å². The molecule has 2 fully saturated rings. The van der Waals surface area contributed by atoms with Gasteiger partial charge in [0.15, 0.2) is 0 Å². The second-order valence-electron chi connectivity index (χ2n) is 3.74. The van der Waals surface area contributed by atoms with Crippen LogP contribution < -0.4 is 0 Å². The Balaban J connectivity index is 1.70. The quantitative estimate of drug-likeness (QED) is 0.614. The van der Waals surface area contributed by atoms with Crippen LogP contribution in [0.1, 0.15) is 11.1 Å². The van der Waals surface area contributed by atoms with Crippen LogP contribution >= 0.6 is 23.5 Å². The molecule has 3 heterocycles. The fraction of sp³-hybridized carbons (Fsp3) is 0.600. The first-order valence-corrected chi connectivity index (χ1v) is 9.48. The molecule has 0 aromatic carbocycles. The van der Waals surface area contributed by atoms with E-state index in [1.165, 1.54) is 24.3 Å². The summed E-state index contributed by atoms with van der Waals surface area (Å²) in [6.45, 7) is 0. The second kappa shape index (κ2) is 3.85. The van der Waals surface area contributed by atoms with Crippen molar-refractivity contribution in [3.8, 4) is 0 Å². The van der Waals surface area contributed by atoms with Crippen molar-refractivity contribution in [2.24, 2.45) is 0 Å². The summed E-state index contributed by atoms with van der Waals surface area (Å²) in [7, 11) is 0. The molecule has 1 aromatic rings. The van der Waals surface area contributed by atoms with Crippen LogP contribution in [-0.2, 0) is 12.8 Å². The summed E-state index contributed by atoms with van der Waals surface area (Å²) in [6.07, 6.45) is 2.78. The third-order valence-electron chi connectivity index (χ3n) is 2.53. The van der Waals surface area contributed by atoms with Crippen LogP contribution in [0, 0.1) is 0 Å². The zero-order chi connectivity index (χ0) is 8.67. The van der Waals surface area contributed by atoms with Gasteiger partial charge in [0.25, 0.3) is 0 Å². The van der Waals surface area contributed by atoms with E-state index in [4.69, 9.17) is 0 Å². The molecule has 0 radical (unpaired) electrons. The van der Waals surface area contributed by atoms with Gasteiger partial charge in [-0.25, -0.2) is 0 Å². The third-order valence-corrected chi connectivity index (χ3v) is 6.88. The van der Waals surface area contributed by atoms with Crippen molar-refractivity contribution in [2.45, 2.75) is 23.3 Å². The Morgan fingerprint density at radius 2 is 1.54 bits per heavy atom. The molecule has 1 aromatic heterocycles. The molecular weight excluding hydrogens is 312 g/mol. The average Bonchev–Trinajstić information content (AvgIpc) is 2.95. The molecule has 2 atom stereocenters. The van der Waals surface area contributed by atoms with Gasteiger partial charge in [-0.05, 0) is 0 Å². The van der Waals surface area contributed by atoms with Crippen LogP contribution in [-0.4, -0.2) is 42.4 Å². The van der Waals surface area contributed by atoms with Gasteiger partial charge in [0.1, 0.15) is 0 Å². The number of hydrogen-bond acceptors (Lipinski definition) is 2. The standard InChI is InChI=1S/C10H12S2Te/c1(9-3-11-9)7-5-13-6-8(7)2-10-4-12-10/h5-6,9-10H,1-4H2. The fourth-order valence-electron chi connectivity index (χ4n) is 1.57. The molecule has 0 spiro atoms. The molecule has 0 bridgehead atoms. The summed E-state index contributed by atoms with van der Waals surface area (Å²) >= 11 is 4.41. The van der Waals surface area contributed by atoms with E-state index in [9.17, 15) is 0 Å². The number of hydrogen-bond donors (Lipinski definition) is 0. The molecule has 0 nitrogen and oxygen atoms in total. The van der Waals surface area contributed by atoms with E-state index in [0.29, 0.717) is 0 Å². The van der Waals surface area contributed by atoms with Crippen LogP contribution in [0.3, 0.4) is 0 Å². The summed E-state index contributed by atoms with van der Waals surface area (Å²) in [6, 6.07) is 0. The monoisotopic (exact) mass is 326 g/mol. The normalized spacial score (nSPS) is 30.5. The zero-order valence-corrected chi connectivity index (χ0v) is 11.3. The molecule has 70 valence electrons. The van der Waals surface area contributed by atoms with E-state index in [-0.39, 0.29) is 20.4 Å². The average molecular weight is 324 g/mol. The maximum atomic E-state index is 2.58. The Morgan fingerprint density at radius 1 is 1.08 bits per heavy atom. The Hall–Kier alpha value is 0.970. The third kappa shape index (κ3) is 2.50. The Morgan fingerprint density at radius 3 is 1.92 bits per heavy atom. The van der Waals surface area contributed by atoms with Gasteiger partial charge in [0.2, 0.25) is 0 Å². The second-order valence-corrected chi connectivity index (χ2v) is 8.53. The molecule has 0 aliphatic carbocycles. The van der Waals surface area contributed by atoms with Gasteiger partial charge in [0, 0.05) is 0 Å². The van der Waals surface area contributed by atoms with Crippen molar-refractivity contribution < 1.29 is 0 Å². The SMILES string of the molecule is c1[te]cc(CC2CS2)c1CC1CS1. The summed E-state index contributed by atoms with van der Waals surface area (Å²) < 4.78 is 5.15. The summed E-state index contributed by atoms with van der Waals surface area (Å²) in [4.78, 5) is 0. The first kappa shape index (κ1) is 9.21. The van der Waals surface area contributed by atoms with Crippen molar-refractivity contribution in [3.63, 3.8) is 0 Å². The topological polar surface area (TPSA) is 0 Å². The van der Waals surface area contributed by atoms with Crippen LogP contribution in [0.2, 0.25) is 0 Å². The zero-order valence-electron chi connectivity index (χ0n) is 7.36. The van der Waals surface area contributed by atoms with Crippen LogP contribution in [0.25, 0.3) is 0 Å². The molecule has 3 heteroatoms. The fourth-order valence-corrected chi connectivity index (χ4v) is 5.22. The summed E-state index contributed by atoms with van der Waals surface area (Å²) in [5.41, 5.74) is 3.48. The van der Waals surface area contributed by atoms with Crippen molar-refractivity contribution in [3.05, 3.63) is 19.3 Å². The molecule has 2 aliphatic heterocycles. The molecule has 2 unspecified atom stereocenters. The maximum absolute atomic E-state index is 2.58. The van der Waals surface area contributed by atoms with Crippen molar-refractivity contribution >= 4 is 44.0 Å². The van der Waals surface area contributed by atoms with Crippen LogP contribution in [0.4, 0.5) is 0 Å². The Kier molecular flexibility index (Phi) is 2.73. The summed E-state index contributed by atoms with van der Waals surface area (Å²) in [5, 5.41) is 1.99. The van der Waals surface area contributed by atoms with E-state index >= 15 is 0 Å².